The van der Waals surface area contributed by atoms with Crippen molar-refractivity contribution in [3.05, 3.63) is 71.8 Å². The zero-order valence-electron chi connectivity index (χ0n) is 15.8. The summed E-state index contributed by atoms with van der Waals surface area (Å²) in [5.41, 5.74) is 1.78. The molecule has 1 nitrogen and oxygen atoms in total. The lowest BCUT2D eigenvalue weighted by Gasteiger charge is -2.25. The Bertz CT molecular complexity index is 496. The van der Waals surface area contributed by atoms with Crippen LogP contribution >= 0.6 is 0 Å². The molecule has 0 fully saturated rings. The van der Waals surface area contributed by atoms with Crippen LogP contribution in [0.5, 0.6) is 0 Å². The fraction of sp³-hybridized carbons (Fsp3) is 0.409. The minimum absolute atomic E-state index is 0.178. The Morgan fingerprint density at radius 1 is 0.696 bits per heavy atom. The van der Waals surface area contributed by atoms with Crippen LogP contribution in [0.1, 0.15) is 65.5 Å². The van der Waals surface area contributed by atoms with Gasteiger partial charge in [0.1, 0.15) is 5.78 Å². The van der Waals surface area contributed by atoms with Crippen LogP contribution in [0.2, 0.25) is 0 Å². The Kier molecular flexibility index (Phi) is 9.89. The summed E-state index contributed by atoms with van der Waals surface area (Å²) >= 11 is 0. The second-order valence-corrected chi connectivity index (χ2v) is 5.87. The van der Waals surface area contributed by atoms with Gasteiger partial charge in [0.05, 0.1) is 5.92 Å². The average Bonchev–Trinajstić information content (AvgIpc) is 2.60. The molecule has 2 rings (SSSR count). The molecule has 0 aliphatic rings. The summed E-state index contributed by atoms with van der Waals surface area (Å²) in [7, 11) is 0. The van der Waals surface area contributed by atoms with Gasteiger partial charge in [-0.25, -0.2) is 0 Å². The second-order valence-electron chi connectivity index (χ2n) is 5.87. The molecule has 0 saturated heterocycles. The van der Waals surface area contributed by atoms with Crippen LogP contribution in [0.4, 0.5) is 0 Å². The van der Waals surface area contributed by atoms with E-state index in [0.717, 1.165) is 11.1 Å². The largest absolute Gasteiger partial charge is 0.298 e. The van der Waals surface area contributed by atoms with Crippen LogP contribution in [0, 0.1) is 5.41 Å². The molecule has 0 aliphatic carbocycles. The first-order valence-corrected chi connectivity index (χ1v) is 8.64. The lowest BCUT2D eigenvalue weighted by molar-refractivity contribution is -0.126. The van der Waals surface area contributed by atoms with E-state index < -0.39 is 0 Å². The van der Waals surface area contributed by atoms with Crippen LogP contribution in [0.15, 0.2) is 60.7 Å². The Labute approximate surface area is 142 Å². The van der Waals surface area contributed by atoms with Gasteiger partial charge in [0.25, 0.3) is 0 Å². The maximum atomic E-state index is 12.8. The van der Waals surface area contributed by atoms with Crippen LogP contribution in [-0.2, 0) is 4.79 Å². The van der Waals surface area contributed by atoms with Gasteiger partial charge >= 0.3 is 0 Å². The van der Waals surface area contributed by atoms with Gasteiger partial charge in [-0.15, -0.1) is 0 Å². The minimum Gasteiger partial charge on any atom is -0.298 e. The molecular formula is C22H32O. The summed E-state index contributed by atoms with van der Waals surface area (Å²) in [6.45, 7) is 13.9. The molecule has 0 spiro atoms. The Morgan fingerprint density at radius 3 is 1.26 bits per heavy atom. The Balaban J connectivity index is 0.00000112. The van der Waals surface area contributed by atoms with Gasteiger partial charge in [0, 0.05) is 5.41 Å². The summed E-state index contributed by atoms with van der Waals surface area (Å²) in [5, 5.41) is 0. The molecule has 0 N–H and O–H groups in total. The fourth-order valence-electron chi connectivity index (χ4n) is 2.22. The van der Waals surface area contributed by atoms with Gasteiger partial charge in [-0.2, -0.15) is 0 Å². The highest BCUT2D eigenvalue weighted by Crippen LogP contribution is 2.32. The molecule has 2 aromatic rings. The predicted molar refractivity (Wildman–Crippen MR) is 102 cm³/mol. The lowest BCUT2D eigenvalue weighted by atomic mass is 9.77. The quantitative estimate of drug-likeness (QED) is 0.633. The molecular weight excluding hydrogens is 280 g/mol. The van der Waals surface area contributed by atoms with Gasteiger partial charge in [0.15, 0.2) is 0 Å². The third-order valence-electron chi connectivity index (χ3n) is 3.27. The van der Waals surface area contributed by atoms with Crippen molar-refractivity contribution >= 4 is 5.78 Å². The molecule has 0 unspecified atom stereocenters. The number of hydrogen-bond acceptors (Lipinski definition) is 1. The van der Waals surface area contributed by atoms with Crippen LogP contribution in [-0.4, -0.2) is 5.78 Å². The monoisotopic (exact) mass is 312 g/mol. The number of carbonyl (C=O) groups excluding carboxylic acids is 1. The van der Waals surface area contributed by atoms with Crippen molar-refractivity contribution in [3.63, 3.8) is 0 Å². The van der Waals surface area contributed by atoms with Crippen LogP contribution in [0.25, 0.3) is 0 Å². The number of rotatable bonds is 3. The fourth-order valence-corrected chi connectivity index (χ4v) is 2.22. The molecule has 0 atom stereocenters. The summed E-state index contributed by atoms with van der Waals surface area (Å²) in [4.78, 5) is 12.8. The van der Waals surface area contributed by atoms with Gasteiger partial charge in [-0.05, 0) is 11.1 Å². The minimum atomic E-state index is -0.351. The SMILES string of the molecule is CC.CC.CC(C)(C)C(=O)C(c1ccccc1)c1ccccc1. The summed E-state index contributed by atoms with van der Waals surface area (Å²) in [6.07, 6.45) is 0. The summed E-state index contributed by atoms with van der Waals surface area (Å²) in [6, 6.07) is 20.0. The van der Waals surface area contributed by atoms with E-state index in [2.05, 4.69) is 0 Å². The third-order valence-corrected chi connectivity index (χ3v) is 3.27. The smallest absolute Gasteiger partial charge is 0.150 e. The third kappa shape index (κ3) is 6.40. The average molecular weight is 312 g/mol. The van der Waals surface area contributed by atoms with Crippen molar-refractivity contribution in [2.24, 2.45) is 5.41 Å². The number of Topliss-reactive ketones (excluding diaryl/α,β-unsaturated/α-hetero) is 1. The summed E-state index contributed by atoms with van der Waals surface area (Å²) < 4.78 is 0. The topological polar surface area (TPSA) is 17.1 Å². The van der Waals surface area contributed by atoms with Gasteiger partial charge in [0.2, 0.25) is 0 Å². The van der Waals surface area contributed by atoms with E-state index in [-0.39, 0.29) is 17.1 Å². The molecule has 0 saturated carbocycles. The first-order valence-electron chi connectivity index (χ1n) is 8.64. The molecule has 0 heterocycles. The van der Waals surface area contributed by atoms with Crippen molar-refractivity contribution in [3.8, 4) is 0 Å². The maximum absolute atomic E-state index is 12.8. The van der Waals surface area contributed by atoms with Crippen LogP contribution in [0.3, 0.4) is 0 Å². The first-order chi connectivity index (χ1) is 11.0. The second kappa shape index (κ2) is 10.8. The van der Waals surface area contributed by atoms with E-state index in [1.165, 1.54) is 0 Å². The van der Waals surface area contributed by atoms with Crippen molar-refractivity contribution in [2.75, 3.05) is 0 Å². The van der Waals surface area contributed by atoms with E-state index in [0.29, 0.717) is 0 Å². The summed E-state index contributed by atoms with van der Waals surface area (Å²) in [5.74, 6) is 0.0762. The van der Waals surface area contributed by atoms with Crippen molar-refractivity contribution in [2.45, 2.75) is 54.4 Å². The number of hydrogen-bond donors (Lipinski definition) is 0. The van der Waals surface area contributed by atoms with E-state index in [1.807, 2.05) is 109 Å². The number of ketones is 1. The normalized spacial score (nSPS) is 10.1. The van der Waals surface area contributed by atoms with Gasteiger partial charge < -0.3 is 0 Å². The van der Waals surface area contributed by atoms with E-state index in [1.54, 1.807) is 0 Å². The zero-order chi connectivity index (χ0) is 17.9. The molecule has 2 aromatic carbocycles. The van der Waals surface area contributed by atoms with Gasteiger partial charge in [-0.3, -0.25) is 4.79 Å². The highest BCUT2D eigenvalue weighted by molar-refractivity contribution is 5.93. The highest BCUT2D eigenvalue weighted by Gasteiger charge is 2.31. The van der Waals surface area contributed by atoms with Crippen LogP contribution < -0.4 is 0 Å². The highest BCUT2D eigenvalue weighted by atomic mass is 16.1. The number of carbonyl (C=O) groups is 1. The molecule has 126 valence electrons. The van der Waals surface area contributed by atoms with Crippen molar-refractivity contribution in [1.29, 1.82) is 0 Å². The first kappa shape index (κ1) is 21.1. The lowest BCUT2D eigenvalue weighted by Crippen LogP contribution is -2.27. The zero-order valence-corrected chi connectivity index (χ0v) is 15.8. The molecule has 0 aromatic heterocycles. The maximum Gasteiger partial charge on any atom is 0.150 e. The number of benzene rings is 2. The van der Waals surface area contributed by atoms with Crippen molar-refractivity contribution in [1.82, 2.24) is 0 Å². The molecule has 0 bridgehead atoms. The van der Waals surface area contributed by atoms with E-state index in [4.69, 9.17) is 0 Å². The van der Waals surface area contributed by atoms with E-state index in [9.17, 15) is 4.79 Å². The molecule has 23 heavy (non-hydrogen) atoms. The van der Waals surface area contributed by atoms with Gasteiger partial charge in [-0.1, -0.05) is 109 Å². The Hall–Kier alpha value is -1.89. The van der Waals surface area contributed by atoms with E-state index >= 15 is 0 Å². The Morgan fingerprint density at radius 2 is 1.00 bits per heavy atom. The molecule has 0 amide bonds. The molecule has 1 heteroatoms. The molecule has 0 aliphatic heterocycles. The predicted octanol–water partition coefficient (Wildman–Crippen LogP) is 6.49. The molecule has 0 radical (unpaired) electrons. The standard InChI is InChI=1S/C18H20O.2C2H6/c1-18(2,3)17(19)16(14-10-6-4-7-11-14)15-12-8-5-9-13-15;2*1-2/h4-13,16H,1-3H3;2*1-2H3. The van der Waals surface area contributed by atoms with Crippen molar-refractivity contribution < 1.29 is 4.79 Å².